The first kappa shape index (κ1) is 27.1. The molecule has 7 nitrogen and oxygen atoms in total. The Kier molecular flexibility index (Phi) is 9.24. The number of benzene rings is 2. The van der Waals surface area contributed by atoms with Crippen LogP contribution in [0, 0.1) is 0 Å². The summed E-state index contributed by atoms with van der Waals surface area (Å²) in [5, 5.41) is 8.91. The van der Waals surface area contributed by atoms with Gasteiger partial charge in [0.25, 0.3) is 0 Å². The van der Waals surface area contributed by atoms with Crippen LogP contribution in [-0.4, -0.2) is 33.7 Å². The summed E-state index contributed by atoms with van der Waals surface area (Å²) < 4.78 is 26.0. The van der Waals surface area contributed by atoms with E-state index >= 15 is 0 Å². The van der Waals surface area contributed by atoms with Gasteiger partial charge < -0.3 is 18.9 Å². The third-order valence-corrected chi connectivity index (χ3v) is 7.43. The second-order valence-corrected chi connectivity index (χ2v) is 11.6. The van der Waals surface area contributed by atoms with Gasteiger partial charge in [-0.05, 0) is 69.2 Å². The van der Waals surface area contributed by atoms with E-state index in [2.05, 4.69) is 19.8 Å². The van der Waals surface area contributed by atoms with E-state index in [4.69, 9.17) is 21.1 Å². The van der Waals surface area contributed by atoms with Crippen molar-refractivity contribution in [2.24, 2.45) is 0 Å². The SMILES string of the molecule is COc1ccc(CN(Cc2ccc(OC)cc2)c2cc([C@H](C)N[S@+]([O-])C(C)(C)C)c(Cl)nn2)cc1. The zero-order valence-corrected chi connectivity index (χ0v) is 22.6. The maximum Gasteiger partial charge on any atom is 0.156 e. The third-order valence-electron chi connectivity index (χ3n) is 5.46. The summed E-state index contributed by atoms with van der Waals surface area (Å²) in [4.78, 5) is 2.13. The van der Waals surface area contributed by atoms with E-state index in [1.807, 2.05) is 82.3 Å². The fourth-order valence-electron chi connectivity index (χ4n) is 3.36. The molecule has 1 N–H and O–H groups in total. The van der Waals surface area contributed by atoms with Gasteiger partial charge >= 0.3 is 0 Å². The van der Waals surface area contributed by atoms with Crippen molar-refractivity contribution in [1.82, 2.24) is 14.9 Å². The number of halogens is 1. The molecule has 0 spiro atoms. The Morgan fingerprint density at radius 3 is 1.86 bits per heavy atom. The number of hydrogen-bond acceptors (Lipinski definition) is 7. The molecule has 188 valence electrons. The summed E-state index contributed by atoms with van der Waals surface area (Å²) in [7, 11) is 3.30. The molecule has 1 aromatic heterocycles. The van der Waals surface area contributed by atoms with E-state index in [1.165, 1.54) is 0 Å². The highest BCUT2D eigenvalue weighted by molar-refractivity contribution is 7.90. The molecule has 0 fully saturated rings. The van der Waals surface area contributed by atoms with Crippen LogP contribution in [0.2, 0.25) is 5.15 Å². The number of hydrogen-bond donors (Lipinski definition) is 1. The molecule has 0 aliphatic rings. The molecule has 3 aromatic rings. The maximum absolute atomic E-state index is 12.7. The molecule has 1 heterocycles. The quantitative estimate of drug-likeness (QED) is 0.358. The van der Waals surface area contributed by atoms with Crippen LogP contribution in [0.4, 0.5) is 5.82 Å². The van der Waals surface area contributed by atoms with Crippen molar-refractivity contribution >= 4 is 28.8 Å². The lowest BCUT2D eigenvalue weighted by atomic mass is 10.1. The van der Waals surface area contributed by atoms with Crippen molar-refractivity contribution in [2.45, 2.75) is 51.6 Å². The van der Waals surface area contributed by atoms with E-state index in [0.717, 1.165) is 28.2 Å². The van der Waals surface area contributed by atoms with Crippen LogP contribution < -0.4 is 19.1 Å². The Balaban J connectivity index is 1.92. The van der Waals surface area contributed by atoms with Crippen LogP contribution in [0.5, 0.6) is 11.5 Å². The molecule has 0 aliphatic carbocycles. The first-order valence-corrected chi connectivity index (χ1v) is 12.9. The Hall–Kier alpha value is -2.52. The zero-order chi connectivity index (χ0) is 25.6. The molecule has 0 saturated carbocycles. The zero-order valence-electron chi connectivity index (χ0n) is 21.0. The lowest BCUT2D eigenvalue weighted by molar-refractivity contribution is 0.414. The minimum atomic E-state index is -1.26. The molecule has 0 amide bonds. The number of aromatic nitrogens is 2. The number of rotatable bonds is 10. The number of ether oxygens (including phenoxy) is 2. The Labute approximate surface area is 216 Å². The van der Waals surface area contributed by atoms with Crippen molar-refractivity contribution in [2.75, 3.05) is 19.1 Å². The molecular formula is C26H33ClN4O3S. The van der Waals surface area contributed by atoms with Crippen LogP contribution in [0.1, 0.15) is 50.4 Å². The summed E-state index contributed by atoms with van der Waals surface area (Å²) in [6.07, 6.45) is 0. The summed E-state index contributed by atoms with van der Waals surface area (Å²) >= 11 is 5.16. The average molecular weight is 517 g/mol. The van der Waals surface area contributed by atoms with Gasteiger partial charge in [0.1, 0.15) is 16.2 Å². The first-order chi connectivity index (χ1) is 16.6. The molecule has 0 saturated heterocycles. The number of anilines is 1. The van der Waals surface area contributed by atoms with Gasteiger partial charge in [-0.15, -0.1) is 14.9 Å². The van der Waals surface area contributed by atoms with E-state index in [9.17, 15) is 4.55 Å². The van der Waals surface area contributed by atoms with Crippen LogP contribution in [0.3, 0.4) is 0 Å². The summed E-state index contributed by atoms with van der Waals surface area (Å²) in [5.74, 6) is 2.28. The molecular weight excluding hydrogens is 484 g/mol. The fourth-order valence-corrected chi connectivity index (χ4v) is 4.42. The van der Waals surface area contributed by atoms with Crippen molar-refractivity contribution in [3.63, 3.8) is 0 Å². The summed E-state index contributed by atoms with van der Waals surface area (Å²) in [6, 6.07) is 17.5. The lowest BCUT2D eigenvalue weighted by Crippen LogP contribution is -2.40. The van der Waals surface area contributed by atoms with Gasteiger partial charge in [-0.1, -0.05) is 35.9 Å². The highest BCUT2D eigenvalue weighted by atomic mass is 35.5. The molecule has 0 bridgehead atoms. The Morgan fingerprint density at radius 2 is 1.43 bits per heavy atom. The van der Waals surface area contributed by atoms with Crippen molar-refractivity contribution < 1.29 is 14.0 Å². The minimum Gasteiger partial charge on any atom is -0.598 e. The van der Waals surface area contributed by atoms with Gasteiger partial charge in [-0.25, -0.2) is 0 Å². The van der Waals surface area contributed by atoms with Crippen LogP contribution >= 0.6 is 11.6 Å². The Bertz CT molecular complexity index is 1040. The van der Waals surface area contributed by atoms with Crippen LogP contribution in [0.15, 0.2) is 54.6 Å². The second kappa shape index (κ2) is 11.9. The average Bonchev–Trinajstić information content (AvgIpc) is 2.84. The number of nitrogens with zero attached hydrogens (tertiary/aromatic N) is 3. The summed E-state index contributed by atoms with van der Waals surface area (Å²) in [5.41, 5.74) is 2.93. The van der Waals surface area contributed by atoms with Gasteiger partial charge in [-0.3, -0.25) is 0 Å². The topological polar surface area (TPSA) is 82.6 Å². The standard InChI is InChI=1S/C26H33ClN4O3S/c1-18(30-35(32)26(2,3)4)23-15-24(28-29-25(23)27)31(16-19-7-11-21(33-5)12-8-19)17-20-9-13-22(34-6)14-10-20/h7-15,18,30H,16-17H2,1-6H3/t18-,35+/m0/s1. The first-order valence-electron chi connectivity index (χ1n) is 11.3. The van der Waals surface area contributed by atoms with Crippen LogP contribution in [-0.2, 0) is 24.5 Å². The van der Waals surface area contributed by atoms with E-state index < -0.39 is 16.1 Å². The Morgan fingerprint density at radius 1 is 0.943 bits per heavy atom. The molecule has 0 radical (unpaired) electrons. The molecule has 2 atom stereocenters. The molecule has 2 aromatic carbocycles. The van der Waals surface area contributed by atoms with E-state index in [1.54, 1.807) is 14.2 Å². The molecule has 0 unspecified atom stereocenters. The van der Waals surface area contributed by atoms with Gasteiger partial charge in [0, 0.05) is 30.0 Å². The van der Waals surface area contributed by atoms with Crippen LogP contribution in [0.25, 0.3) is 0 Å². The van der Waals surface area contributed by atoms with Gasteiger partial charge in [-0.2, -0.15) is 0 Å². The number of methoxy groups -OCH3 is 2. The predicted octanol–water partition coefficient (Wildman–Crippen LogP) is 5.47. The third kappa shape index (κ3) is 7.48. The molecule has 0 aliphatic heterocycles. The van der Waals surface area contributed by atoms with Gasteiger partial charge in [0.2, 0.25) is 0 Å². The second-order valence-electron chi connectivity index (χ2n) is 9.22. The van der Waals surface area contributed by atoms with Crippen molar-refractivity contribution in [1.29, 1.82) is 0 Å². The van der Waals surface area contributed by atoms with E-state index in [0.29, 0.717) is 18.9 Å². The van der Waals surface area contributed by atoms with Gasteiger partial charge in [0.05, 0.1) is 20.3 Å². The fraction of sp³-hybridized carbons (Fsp3) is 0.385. The predicted molar refractivity (Wildman–Crippen MR) is 142 cm³/mol. The monoisotopic (exact) mass is 516 g/mol. The molecule has 35 heavy (non-hydrogen) atoms. The highest BCUT2D eigenvalue weighted by Crippen LogP contribution is 2.28. The lowest BCUT2D eigenvalue weighted by Gasteiger charge is -2.28. The minimum absolute atomic E-state index is 0.277. The molecule has 3 rings (SSSR count). The maximum atomic E-state index is 12.7. The van der Waals surface area contributed by atoms with Crippen molar-refractivity contribution in [3.8, 4) is 11.5 Å². The largest absolute Gasteiger partial charge is 0.598 e. The smallest absolute Gasteiger partial charge is 0.156 e. The van der Waals surface area contributed by atoms with Crippen molar-refractivity contribution in [3.05, 3.63) is 76.4 Å². The number of nitrogens with one attached hydrogen (secondary N) is 1. The molecule has 9 heteroatoms. The highest BCUT2D eigenvalue weighted by Gasteiger charge is 2.29. The van der Waals surface area contributed by atoms with Gasteiger partial charge in [0.15, 0.2) is 11.0 Å². The van der Waals surface area contributed by atoms with E-state index in [-0.39, 0.29) is 11.2 Å². The normalized spacial score (nSPS) is 13.3. The summed E-state index contributed by atoms with van der Waals surface area (Å²) in [6.45, 7) is 8.89.